The van der Waals surface area contributed by atoms with Gasteiger partial charge in [0.25, 0.3) is 5.91 Å². The number of benzene rings is 2. The zero-order valence-electron chi connectivity index (χ0n) is 14.7. The standard InChI is InChI=1S/C20H21NO5/c1-13(2)14-7-3-4-8-15(14)21-19(22)12-25-20(23)18-11-24-16-9-5-6-10-17(16)26-18/h3-10,13,18H,11-12H2,1-2H3,(H,21,22). The normalized spacial score (nSPS) is 15.4. The van der Waals surface area contributed by atoms with Crippen LogP contribution in [0.5, 0.6) is 11.5 Å². The van der Waals surface area contributed by atoms with Crippen LogP contribution in [-0.2, 0) is 14.3 Å². The van der Waals surface area contributed by atoms with Crippen LogP contribution in [-0.4, -0.2) is 31.2 Å². The third-order valence-electron chi connectivity index (χ3n) is 3.97. The number of ether oxygens (including phenoxy) is 3. The number of hydrogen-bond acceptors (Lipinski definition) is 5. The van der Waals surface area contributed by atoms with Crippen LogP contribution in [0.4, 0.5) is 5.69 Å². The highest BCUT2D eigenvalue weighted by Gasteiger charge is 2.29. The molecule has 0 saturated heterocycles. The lowest BCUT2D eigenvalue weighted by Gasteiger charge is -2.24. The van der Waals surface area contributed by atoms with Gasteiger partial charge in [-0.3, -0.25) is 4.79 Å². The number of nitrogens with one attached hydrogen (secondary N) is 1. The maximum atomic E-state index is 12.1. The molecule has 0 aromatic heterocycles. The van der Waals surface area contributed by atoms with E-state index in [1.54, 1.807) is 18.2 Å². The fraction of sp³-hybridized carbons (Fsp3) is 0.300. The van der Waals surface area contributed by atoms with E-state index < -0.39 is 18.0 Å². The molecule has 0 radical (unpaired) electrons. The van der Waals surface area contributed by atoms with Crippen molar-refractivity contribution in [1.29, 1.82) is 0 Å². The summed E-state index contributed by atoms with van der Waals surface area (Å²) >= 11 is 0. The number of rotatable bonds is 5. The van der Waals surface area contributed by atoms with Crippen molar-refractivity contribution in [2.45, 2.75) is 25.9 Å². The maximum absolute atomic E-state index is 12.1. The largest absolute Gasteiger partial charge is 0.485 e. The third kappa shape index (κ3) is 4.14. The second kappa shape index (κ2) is 7.91. The van der Waals surface area contributed by atoms with Gasteiger partial charge < -0.3 is 19.5 Å². The van der Waals surface area contributed by atoms with Crippen molar-refractivity contribution < 1.29 is 23.8 Å². The lowest BCUT2D eigenvalue weighted by molar-refractivity contribution is -0.156. The third-order valence-corrected chi connectivity index (χ3v) is 3.97. The second-order valence-corrected chi connectivity index (χ2v) is 6.26. The van der Waals surface area contributed by atoms with Crippen molar-refractivity contribution >= 4 is 17.6 Å². The van der Waals surface area contributed by atoms with Gasteiger partial charge in [-0.2, -0.15) is 0 Å². The quantitative estimate of drug-likeness (QED) is 0.834. The van der Waals surface area contributed by atoms with E-state index in [9.17, 15) is 9.59 Å². The summed E-state index contributed by atoms with van der Waals surface area (Å²) in [5.41, 5.74) is 1.74. The molecule has 2 aromatic carbocycles. The summed E-state index contributed by atoms with van der Waals surface area (Å²) in [4.78, 5) is 24.2. The van der Waals surface area contributed by atoms with Gasteiger partial charge in [-0.05, 0) is 29.7 Å². The van der Waals surface area contributed by atoms with Gasteiger partial charge >= 0.3 is 5.97 Å². The molecule has 1 aliphatic heterocycles. The van der Waals surface area contributed by atoms with E-state index in [4.69, 9.17) is 14.2 Å². The highest BCUT2D eigenvalue weighted by Crippen LogP contribution is 2.31. The smallest absolute Gasteiger partial charge is 0.351 e. The SMILES string of the molecule is CC(C)c1ccccc1NC(=O)COC(=O)C1COc2ccccc2O1. The van der Waals surface area contributed by atoms with E-state index in [0.29, 0.717) is 11.5 Å². The number of para-hydroxylation sites is 3. The van der Waals surface area contributed by atoms with Crippen LogP contribution in [0.25, 0.3) is 0 Å². The summed E-state index contributed by atoms with van der Waals surface area (Å²) in [5, 5.41) is 2.78. The van der Waals surface area contributed by atoms with Gasteiger partial charge in [-0.25, -0.2) is 4.79 Å². The maximum Gasteiger partial charge on any atom is 0.351 e. The van der Waals surface area contributed by atoms with Crippen LogP contribution in [0.1, 0.15) is 25.3 Å². The van der Waals surface area contributed by atoms with Crippen LogP contribution in [0.15, 0.2) is 48.5 Å². The first kappa shape index (κ1) is 17.8. The number of fused-ring (bicyclic) bond motifs is 1. The molecule has 1 aliphatic rings. The van der Waals surface area contributed by atoms with E-state index in [2.05, 4.69) is 5.32 Å². The Labute approximate surface area is 152 Å². The molecule has 0 saturated carbocycles. The monoisotopic (exact) mass is 355 g/mol. The van der Waals surface area contributed by atoms with Crippen molar-refractivity contribution in [2.75, 3.05) is 18.5 Å². The number of carbonyl (C=O) groups excluding carboxylic acids is 2. The number of anilines is 1. The molecule has 1 atom stereocenters. The van der Waals surface area contributed by atoms with Crippen LogP contribution >= 0.6 is 0 Å². The predicted octanol–water partition coefficient (Wildman–Crippen LogP) is 3.13. The van der Waals surface area contributed by atoms with Crippen LogP contribution < -0.4 is 14.8 Å². The molecule has 6 heteroatoms. The van der Waals surface area contributed by atoms with E-state index in [-0.39, 0.29) is 19.1 Å². The number of carbonyl (C=O) groups is 2. The average Bonchev–Trinajstić information content (AvgIpc) is 2.66. The molecular weight excluding hydrogens is 334 g/mol. The number of amides is 1. The Morgan fingerprint density at radius 2 is 1.81 bits per heavy atom. The van der Waals surface area contributed by atoms with Crippen molar-refractivity contribution in [3.63, 3.8) is 0 Å². The molecular formula is C20H21NO5. The Morgan fingerprint density at radius 1 is 1.12 bits per heavy atom. The van der Waals surface area contributed by atoms with Gasteiger partial charge in [0.2, 0.25) is 6.10 Å². The fourth-order valence-corrected chi connectivity index (χ4v) is 2.67. The molecule has 6 nitrogen and oxygen atoms in total. The molecule has 26 heavy (non-hydrogen) atoms. The van der Waals surface area contributed by atoms with E-state index in [0.717, 1.165) is 11.3 Å². The highest BCUT2D eigenvalue weighted by atomic mass is 16.6. The molecule has 2 aromatic rings. The Morgan fingerprint density at radius 3 is 2.58 bits per heavy atom. The van der Waals surface area contributed by atoms with Crippen LogP contribution in [0, 0.1) is 0 Å². The molecule has 3 rings (SSSR count). The summed E-state index contributed by atoms with van der Waals surface area (Å²) in [5.74, 6) is 0.299. The molecule has 0 fully saturated rings. The van der Waals surface area contributed by atoms with Gasteiger partial charge in [0, 0.05) is 5.69 Å². The van der Waals surface area contributed by atoms with Crippen molar-refractivity contribution in [3.05, 3.63) is 54.1 Å². The zero-order valence-corrected chi connectivity index (χ0v) is 14.7. The lowest BCUT2D eigenvalue weighted by Crippen LogP contribution is -2.39. The lowest BCUT2D eigenvalue weighted by atomic mass is 10.0. The summed E-state index contributed by atoms with van der Waals surface area (Å²) in [6.07, 6.45) is -0.888. The number of hydrogen-bond donors (Lipinski definition) is 1. The first-order chi connectivity index (χ1) is 12.5. The topological polar surface area (TPSA) is 73.9 Å². The van der Waals surface area contributed by atoms with Crippen LogP contribution in [0.2, 0.25) is 0 Å². The Hall–Kier alpha value is -3.02. The minimum atomic E-state index is -0.888. The van der Waals surface area contributed by atoms with Crippen molar-refractivity contribution in [2.24, 2.45) is 0 Å². The fourth-order valence-electron chi connectivity index (χ4n) is 2.67. The minimum absolute atomic E-state index is 0.0493. The molecule has 0 aliphatic carbocycles. The van der Waals surface area contributed by atoms with Crippen molar-refractivity contribution in [1.82, 2.24) is 0 Å². The molecule has 1 heterocycles. The van der Waals surface area contributed by atoms with Gasteiger partial charge in [-0.15, -0.1) is 0 Å². The molecule has 136 valence electrons. The molecule has 0 spiro atoms. The first-order valence-electron chi connectivity index (χ1n) is 8.48. The zero-order chi connectivity index (χ0) is 18.5. The van der Waals surface area contributed by atoms with Gasteiger partial charge in [0.05, 0.1) is 0 Å². The second-order valence-electron chi connectivity index (χ2n) is 6.26. The predicted molar refractivity (Wildman–Crippen MR) is 96.5 cm³/mol. The first-order valence-corrected chi connectivity index (χ1v) is 8.48. The Bertz CT molecular complexity index is 802. The van der Waals surface area contributed by atoms with Gasteiger partial charge in [0.15, 0.2) is 18.1 Å². The molecule has 1 N–H and O–H groups in total. The summed E-state index contributed by atoms with van der Waals surface area (Å²) < 4.78 is 16.1. The minimum Gasteiger partial charge on any atom is -0.485 e. The van der Waals surface area contributed by atoms with E-state index in [1.807, 2.05) is 44.2 Å². The molecule has 1 unspecified atom stereocenters. The van der Waals surface area contributed by atoms with E-state index >= 15 is 0 Å². The van der Waals surface area contributed by atoms with Gasteiger partial charge in [0.1, 0.15) is 6.61 Å². The Kier molecular flexibility index (Phi) is 5.41. The highest BCUT2D eigenvalue weighted by molar-refractivity contribution is 5.93. The van der Waals surface area contributed by atoms with Crippen LogP contribution in [0.3, 0.4) is 0 Å². The Balaban J connectivity index is 1.53. The molecule has 1 amide bonds. The van der Waals surface area contributed by atoms with Gasteiger partial charge in [-0.1, -0.05) is 44.2 Å². The van der Waals surface area contributed by atoms with Crippen molar-refractivity contribution in [3.8, 4) is 11.5 Å². The summed E-state index contributed by atoms with van der Waals surface area (Å²) in [7, 11) is 0. The average molecular weight is 355 g/mol. The van der Waals surface area contributed by atoms with E-state index in [1.165, 1.54) is 0 Å². The summed E-state index contributed by atoms with van der Waals surface area (Å²) in [6, 6.07) is 14.6. The molecule has 0 bridgehead atoms. The summed E-state index contributed by atoms with van der Waals surface area (Å²) in [6.45, 7) is 3.76. The number of esters is 1.